The summed E-state index contributed by atoms with van der Waals surface area (Å²) in [5, 5.41) is 21.9. The zero-order valence-corrected chi connectivity index (χ0v) is 10.8. The largest absolute Gasteiger partial charge is 0.394 e. The summed E-state index contributed by atoms with van der Waals surface area (Å²) in [6.45, 7) is 3.47. The van der Waals surface area contributed by atoms with E-state index in [4.69, 9.17) is 5.84 Å². The maximum atomic E-state index is 9.42. The van der Waals surface area contributed by atoms with Gasteiger partial charge in [-0.25, -0.2) is 15.8 Å². The normalized spacial score (nSPS) is 11.4. The van der Waals surface area contributed by atoms with Crippen LogP contribution in [-0.2, 0) is 6.42 Å². The van der Waals surface area contributed by atoms with E-state index in [0.717, 1.165) is 5.56 Å². The van der Waals surface area contributed by atoms with E-state index >= 15 is 0 Å². The highest BCUT2D eigenvalue weighted by molar-refractivity contribution is 5.57. The fourth-order valence-corrected chi connectivity index (χ4v) is 1.67. The van der Waals surface area contributed by atoms with E-state index in [1.54, 1.807) is 0 Å². The second kappa shape index (κ2) is 6.48. The molecule has 7 heteroatoms. The number of nitrogens with zero attached hydrogens (tertiary/aromatic N) is 2. The number of aliphatic hydroxyl groups is 2. The van der Waals surface area contributed by atoms with Gasteiger partial charge in [-0.15, -0.1) is 0 Å². The SMILES string of the molecule is CCc1c(NN)ncnc1NC(CC)(CO)CO. The van der Waals surface area contributed by atoms with Crippen LogP contribution in [0.3, 0.4) is 0 Å². The Balaban J connectivity index is 3.09. The molecule has 0 spiro atoms. The molecule has 102 valence electrons. The van der Waals surface area contributed by atoms with Crippen LogP contribution in [-0.4, -0.2) is 38.9 Å². The molecule has 0 aliphatic rings. The second-order valence-electron chi connectivity index (χ2n) is 4.12. The molecule has 0 atom stereocenters. The summed E-state index contributed by atoms with van der Waals surface area (Å²) in [7, 11) is 0. The molecule has 0 amide bonds. The van der Waals surface area contributed by atoms with Crippen LogP contribution in [0.2, 0.25) is 0 Å². The van der Waals surface area contributed by atoms with Crippen molar-refractivity contribution in [2.45, 2.75) is 32.2 Å². The molecule has 1 aromatic rings. The Morgan fingerprint density at radius 1 is 1.22 bits per heavy atom. The molecule has 1 heterocycles. The van der Waals surface area contributed by atoms with Gasteiger partial charge in [0.05, 0.1) is 18.8 Å². The summed E-state index contributed by atoms with van der Waals surface area (Å²) in [6, 6.07) is 0. The Kier molecular flexibility index (Phi) is 5.26. The molecule has 0 saturated heterocycles. The molecule has 0 aromatic carbocycles. The van der Waals surface area contributed by atoms with Gasteiger partial charge in [-0.05, 0) is 12.8 Å². The number of nitrogens with two attached hydrogens (primary N) is 1. The van der Waals surface area contributed by atoms with Crippen LogP contribution in [0, 0.1) is 0 Å². The minimum absolute atomic E-state index is 0.182. The van der Waals surface area contributed by atoms with Crippen LogP contribution in [0.15, 0.2) is 6.33 Å². The molecule has 7 nitrogen and oxygen atoms in total. The number of hydrazine groups is 1. The topological polar surface area (TPSA) is 116 Å². The van der Waals surface area contributed by atoms with Gasteiger partial charge in [-0.3, -0.25) is 0 Å². The van der Waals surface area contributed by atoms with Crippen LogP contribution >= 0.6 is 0 Å². The minimum Gasteiger partial charge on any atom is -0.394 e. The van der Waals surface area contributed by atoms with Crippen molar-refractivity contribution in [3.05, 3.63) is 11.9 Å². The number of rotatable bonds is 7. The third-order valence-electron chi connectivity index (χ3n) is 3.10. The van der Waals surface area contributed by atoms with Crippen molar-refractivity contribution >= 4 is 11.6 Å². The molecular formula is C11H21N5O2. The first-order valence-electron chi connectivity index (χ1n) is 5.96. The summed E-state index contributed by atoms with van der Waals surface area (Å²) in [6.07, 6.45) is 2.63. The van der Waals surface area contributed by atoms with Gasteiger partial charge >= 0.3 is 0 Å². The lowest BCUT2D eigenvalue weighted by Gasteiger charge is -2.31. The van der Waals surface area contributed by atoms with Crippen molar-refractivity contribution in [1.29, 1.82) is 0 Å². The molecule has 0 fully saturated rings. The number of nitrogen functional groups attached to an aromatic ring is 1. The molecule has 18 heavy (non-hydrogen) atoms. The Morgan fingerprint density at radius 2 is 1.83 bits per heavy atom. The highest BCUT2D eigenvalue weighted by Crippen LogP contribution is 2.24. The quantitative estimate of drug-likeness (QED) is 0.340. The lowest BCUT2D eigenvalue weighted by Crippen LogP contribution is -2.45. The second-order valence-corrected chi connectivity index (χ2v) is 4.12. The number of hydrogen-bond acceptors (Lipinski definition) is 7. The molecule has 6 N–H and O–H groups in total. The first kappa shape index (κ1) is 14.6. The molecule has 0 aliphatic carbocycles. The monoisotopic (exact) mass is 255 g/mol. The van der Waals surface area contributed by atoms with Gasteiger partial charge in [0.2, 0.25) is 0 Å². The highest BCUT2D eigenvalue weighted by Gasteiger charge is 2.28. The van der Waals surface area contributed by atoms with Gasteiger partial charge in [-0.2, -0.15) is 0 Å². The summed E-state index contributed by atoms with van der Waals surface area (Å²) in [5.74, 6) is 6.50. The molecule has 0 saturated carbocycles. The van der Waals surface area contributed by atoms with Crippen molar-refractivity contribution in [3.63, 3.8) is 0 Å². The van der Waals surface area contributed by atoms with Crippen molar-refractivity contribution < 1.29 is 10.2 Å². The van der Waals surface area contributed by atoms with Crippen LogP contribution < -0.4 is 16.6 Å². The standard InChI is InChI=1S/C11H21N5O2/c1-3-8-9(13-7-14-10(8)16-12)15-11(4-2,5-17)6-18/h7,17-18H,3-6,12H2,1-2H3,(H2,13,14,15,16). The molecule has 1 aromatic heterocycles. The predicted octanol–water partition coefficient (Wildman–Crippen LogP) is -0.130. The average molecular weight is 255 g/mol. The lowest BCUT2D eigenvalue weighted by molar-refractivity contribution is 0.132. The summed E-state index contributed by atoms with van der Waals surface area (Å²) >= 11 is 0. The zero-order chi connectivity index (χ0) is 13.6. The zero-order valence-electron chi connectivity index (χ0n) is 10.8. The average Bonchev–Trinajstić information content (AvgIpc) is 2.44. The third kappa shape index (κ3) is 2.87. The predicted molar refractivity (Wildman–Crippen MR) is 70.0 cm³/mol. The van der Waals surface area contributed by atoms with E-state index in [0.29, 0.717) is 24.5 Å². The molecule has 0 bridgehead atoms. The fourth-order valence-electron chi connectivity index (χ4n) is 1.67. The molecule has 0 unspecified atom stereocenters. The van der Waals surface area contributed by atoms with Crippen molar-refractivity contribution in [1.82, 2.24) is 9.97 Å². The van der Waals surface area contributed by atoms with Gasteiger partial charge in [-0.1, -0.05) is 13.8 Å². The van der Waals surface area contributed by atoms with Crippen LogP contribution in [0.5, 0.6) is 0 Å². The Labute approximate surface area is 106 Å². The Hall–Kier alpha value is -1.44. The van der Waals surface area contributed by atoms with Gasteiger partial charge in [0.15, 0.2) is 0 Å². The number of nitrogens with one attached hydrogen (secondary N) is 2. The summed E-state index contributed by atoms with van der Waals surface area (Å²) in [5.41, 5.74) is 2.54. The maximum absolute atomic E-state index is 9.42. The fraction of sp³-hybridized carbons (Fsp3) is 0.636. The van der Waals surface area contributed by atoms with E-state index in [1.807, 2.05) is 13.8 Å². The van der Waals surface area contributed by atoms with E-state index < -0.39 is 5.54 Å². The van der Waals surface area contributed by atoms with Gasteiger partial charge in [0.1, 0.15) is 18.0 Å². The molecule has 0 radical (unpaired) electrons. The van der Waals surface area contributed by atoms with Crippen LogP contribution in [0.25, 0.3) is 0 Å². The molecule has 0 aliphatic heterocycles. The highest BCUT2D eigenvalue weighted by atomic mass is 16.3. The van der Waals surface area contributed by atoms with Crippen molar-refractivity contribution in [3.8, 4) is 0 Å². The maximum Gasteiger partial charge on any atom is 0.148 e. The van der Waals surface area contributed by atoms with Crippen molar-refractivity contribution in [2.75, 3.05) is 24.0 Å². The van der Waals surface area contributed by atoms with Crippen LogP contribution in [0.4, 0.5) is 11.6 Å². The summed E-state index contributed by atoms with van der Waals surface area (Å²) < 4.78 is 0. The number of aromatic nitrogens is 2. The minimum atomic E-state index is -0.788. The lowest BCUT2D eigenvalue weighted by atomic mass is 9.98. The van der Waals surface area contributed by atoms with Crippen LogP contribution in [0.1, 0.15) is 25.8 Å². The Morgan fingerprint density at radius 3 is 2.28 bits per heavy atom. The van der Waals surface area contributed by atoms with Gasteiger partial charge in [0.25, 0.3) is 0 Å². The van der Waals surface area contributed by atoms with E-state index in [-0.39, 0.29) is 13.2 Å². The molecular weight excluding hydrogens is 234 g/mol. The van der Waals surface area contributed by atoms with Gasteiger partial charge < -0.3 is 21.0 Å². The van der Waals surface area contributed by atoms with E-state index in [2.05, 4.69) is 20.7 Å². The van der Waals surface area contributed by atoms with E-state index in [9.17, 15) is 10.2 Å². The Bertz CT molecular complexity index is 373. The first-order chi connectivity index (χ1) is 8.66. The third-order valence-corrected chi connectivity index (χ3v) is 3.10. The van der Waals surface area contributed by atoms with E-state index in [1.165, 1.54) is 6.33 Å². The van der Waals surface area contributed by atoms with Gasteiger partial charge in [0, 0.05) is 5.56 Å². The number of anilines is 2. The molecule has 1 rings (SSSR count). The van der Waals surface area contributed by atoms with Crippen molar-refractivity contribution in [2.24, 2.45) is 5.84 Å². The number of hydrogen-bond donors (Lipinski definition) is 5. The smallest absolute Gasteiger partial charge is 0.148 e. The number of aliphatic hydroxyl groups excluding tert-OH is 2. The summed E-state index contributed by atoms with van der Waals surface area (Å²) in [4.78, 5) is 8.17. The first-order valence-corrected chi connectivity index (χ1v) is 5.96.